The minimum absolute atomic E-state index is 0.244. The number of hydrogen-bond donors (Lipinski definition) is 2. The number of hydrogen-bond acceptors (Lipinski definition) is 4. The molecule has 0 rings (SSSR count). The van der Waals surface area contributed by atoms with Gasteiger partial charge in [-0.1, -0.05) is 0 Å². The molecule has 0 aromatic carbocycles. The number of methoxy groups -OCH3 is 1. The van der Waals surface area contributed by atoms with E-state index >= 15 is 0 Å². The molecule has 0 unspecified atom stereocenters. The molecule has 0 bridgehead atoms. The molecule has 3 N–H and O–H groups in total. The van der Waals surface area contributed by atoms with E-state index in [9.17, 15) is 9.59 Å². The molecule has 0 spiro atoms. The number of rotatable bonds is 6. The minimum Gasteiger partial charge on any atom is -0.469 e. The Morgan fingerprint density at radius 2 is 2.00 bits per heavy atom. The first kappa shape index (κ1) is 12.9. The van der Waals surface area contributed by atoms with Crippen molar-refractivity contribution in [2.75, 3.05) is 13.7 Å². The van der Waals surface area contributed by atoms with E-state index in [4.69, 9.17) is 5.73 Å². The summed E-state index contributed by atoms with van der Waals surface area (Å²) in [6, 6.07) is 0. The van der Waals surface area contributed by atoms with Gasteiger partial charge in [0.15, 0.2) is 0 Å². The third kappa shape index (κ3) is 6.42. The zero-order chi connectivity index (χ0) is 11.2. The van der Waals surface area contributed by atoms with Crippen molar-refractivity contribution in [2.45, 2.75) is 32.2 Å². The van der Waals surface area contributed by atoms with E-state index in [1.165, 1.54) is 7.11 Å². The number of nitrogens with one attached hydrogen (secondary N) is 1. The fourth-order valence-corrected chi connectivity index (χ4v) is 1.10. The number of amides is 1. The summed E-state index contributed by atoms with van der Waals surface area (Å²) in [5, 5.41) is 3.05. The van der Waals surface area contributed by atoms with Crippen molar-refractivity contribution in [3.05, 3.63) is 0 Å². The first-order valence-corrected chi connectivity index (χ1v) is 4.47. The second-order valence-electron chi connectivity index (χ2n) is 3.78. The second kappa shape index (κ2) is 5.59. The maximum Gasteiger partial charge on any atom is 0.306 e. The van der Waals surface area contributed by atoms with Gasteiger partial charge in [-0.3, -0.25) is 9.59 Å². The first-order valence-electron chi connectivity index (χ1n) is 4.47. The molecule has 0 aliphatic rings. The number of carbonyl (C=O) groups is 2. The largest absolute Gasteiger partial charge is 0.469 e. The van der Waals surface area contributed by atoms with Gasteiger partial charge >= 0.3 is 5.97 Å². The topological polar surface area (TPSA) is 81.4 Å². The fraction of sp³-hybridized carbons (Fsp3) is 0.778. The quantitative estimate of drug-likeness (QED) is 0.584. The highest BCUT2D eigenvalue weighted by molar-refractivity contribution is 5.75. The maximum absolute atomic E-state index is 10.8. The molecule has 1 amide bonds. The SMILES string of the molecule is COC(=O)CCNC(C)(C)CC(N)=O. The van der Waals surface area contributed by atoms with Crippen molar-refractivity contribution in [3.63, 3.8) is 0 Å². The maximum atomic E-state index is 10.8. The van der Waals surface area contributed by atoms with Gasteiger partial charge in [-0.15, -0.1) is 0 Å². The second-order valence-corrected chi connectivity index (χ2v) is 3.78. The summed E-state index contributed by atoms with van der Waals surface area (Å²) in [5.41, 5.74) is 4.69. The normalized spacial score (nSPS) is 11.1. The van der Waals surface area contributed by atoms with Crippen molar-refractivity contribution >= 4 is 11.9 Å². The van der Waals surface area contributed by atoms with Crippen LogP contribution in [-0.4, -0.2) is 31.1 Å². The van der Waals surface area contributed by atoms with Crippen LogP contribution in [0.2, 0.25) is 0 Å². The molecule has 14 heavy (non-hydrogen) atoms. The van der Waals surface area contributed by atoms with E-state index in [-0.39, 0.29) is 23.8 Å². The van der Waals surface area contributed by atoms with Gasteiger partial charge in [0, 0.05) is 18.5 Å². The van der Waals surface area contributed by atoms with Crippen LogP contribution in [0.1, 0.15) is 26.7 Å². The van der Waals surface area contributed by atoms with Crippen LogP contribution in [0, 0.1) is 0 Å². The minimum atomic E-state index is -0.375. The molecule has 0 aromatic heterocycles. The summed E-state index contributed by atoms with van der Waals surface area (Å²) in [6.07, 6.45) is 0.535. The molecule has 0 saturated heterocycles. The van der Waals surface area contributed by atoms with Crippen molar-refractivity contribution < 1.29 is 14.3 Å². The van der Waals surface area contributed by atoms with E-state index in [2.05, 4.69) is 10.1 Å². The molecule has 0 atom stereocenters. The lowest BCUT2D eigenvalue weighted by Gasteiger charge is -2.24. The van der Waals surface area contributed by atoms with Crippen LogP contribution in [0.25, 0.3) is 0 Å². The molecule has 5 nitrogen and oxygen atoms in total. The van der Waals surface area contributed by atoms with Gasteiger partial charge in [0.1, 0.15) is 0 Å². The molecule has 82 valence electrons. The van der Waals surface area contributed by atoms with E-state index in [0.717, 1.165) is 0 Å². The Balaban J connectivity index is 3.76. The molecular weight excluding hydrogens is 184 g/mol. The molecule has 0 aromatic rings. The van der Waals surface area contributed by atoms with Crippen LogP contribution in [0.3, 0.4) is 0 Å². The lowest BCUT2D eigenvalue weighted by atomic mass is 10.0. The van der Waals surface area contributed by atoms with Crippen molar-refractivity contribution in [2.24, 2.45) is 5.73 Å². The summed E-state index contributed by atoms with van der Waals surface area (Å²) >= 11 is 0. The summed E-state index contributed by atoms with van der Waals surface area (Å²) in [4.78, 5) is 21.4. The lowest BCUT2D eigenvalue weighted by molar-refractivity contribution is -0.140. The first-order chi connectivity index (χ1) is 6.37. The molecule has 0 saturated carbocycles. The van der Waals surface area contributed by atoms with Crippen LogP contribution in [0.4, 0.5) is 0 Å². The zero-order valence-electron chi connectivity index (χ0n) is 8.92. The van der Waals surface area contributed by atoms with Gasteiger partial charge in [-0.25, -0.2) is 0 Å². The zero-order valence-corrected chi connectivity index (χ0v) is 8.92. The van der Waals surface area contributed by atoms with E-state index in [1.54, 1.807) is 0 Å². The third-order valence-corrected chi connectivity index (χ3v) is 1.78. The number of ether oxygens (including phenoxy) is 1. The monoisotopic (exact) mass is 202 g/mol. The standard InChI is InChI=1S/C9H18N2O3/c1-9(2,6-7(10)12)11-5-4-8(13)14-3/h11H,4-6H2,1-3H3,(H2,10,12). The van der Waals surface area contributed by atoms with Crippen LogP contribution in [0.5, 0.6) is 0 Å². The highest BCUT2D eigenvalue weighted by Crippen LogP contribution is 2.06. The molecule has 5 heteroatoms. The van der Waals surface area contributed by atoms with Crippen LogP contribution >= 0.6 is 0 Å². The highest BCUT2D eigenvalue weighted by atomic mass is 16.5. The highest BCUT2D eigenvalue weighted by Gasteiger charge is 2.19. The van der Waals surface area contributed by atoms with E-state index in [0.29, 0.717) is 13.0 Å². The average molecular weight is 202 g/mol. The Hall–Kier alpha value is -1.10. The van der Waals surface area contributed by atoms with E-state index < -0.39 is 0 Å². The number of carbonyl (C=O) groups excluding carboxylic acids is 2. The number of nitrogens with two attached hydrogens (primary N) is 1. The predicted molar refractivity (Wildman–Crippen MR) is 52.5 cm³/mol. The van der Waals surface area contributed by atoms with Gasteiger partial charge in [-0.2, -0.15) is 0 Å². The summed E-state index contributed by atoms with van der Waals surface area (Å²) < 4.78 is 4.48. The van der Waals surface area contributed by atoms with Gasteiger partial charge in [-0.05, 0) is 13.8 Å². The van der Waals surface area contributed by atoms with Crippen molar-refractivity contribution in [1.82, 2.24) is 5.32 Å². The average Bonchev–Trinajstić information content (AvgIpc) is 2.01. The summed E-state index contributed by atoms with van der Waals surface area (Å²) in [7, 11) is 1.34. The molecular formula is C9H18N2O3. The molecule has 0 fully saturated rings. The van der Waals surface area contributed by atoms with Crippen LogP contribution in [0.15, 0.2) is 0 Å². The Morgan fingerprint density at radius 1 is 1.43 bits per heavy atom. The van der Waals surface area contributed by atoms with Crippen LogP contribution < -0.4 is 11.1 Å². The lowest BCUT2D eigenvalue weighted by Crippen LogP contribution is -2.43. The third-order valence-electron chi connectivity index (χ3n) is 1.78. The van der Waals surface area contributed by atoms with Gasteiger partial charge < -0.3 is 15.8 Å². The van der Waals surface area contributed by atoms with Gasteiger partial charge in [0.25, 0.3) is 0 Å². The molecule has 0 aliphatic heterocycles. The van der Waals surface area contributed by atoms with Gasteiger partial charge in [0.05, 0.1) is 13.5 Å². The fourth-order valence-electron chi connectivity index (χ4n) is 1.10. The number of primary amides is 1. The Labute approximate surface area is 84.0 Å². The smallest absolute Gasteiger partial charge is 0.306 e. The summed E-state index contributed by atoms with van der Waals surface area (Å²) in [5.74, 6) is -0.632. The Morgan fingerprint density at radius 3 is 2.43 bits per heavy atom. The predicted octanol–water partition coefficient (Wildman–Crippen LogP) is -0.207. The Bertz CT molecular complexity index is 214. The Kier molecular flexibility index (Phi) is 5.15. The van der Waals surface area contributed by atoms with Crippen molar-refractivity contribution in [3.8, 4) is 0 Å². The van der Waals surface area contributed by atoms with Gasteiger partial charge in [0.2, 0.25) is 5.91 Å². The van der Waals surface area contributed by atoms with Crippen LogP contribution in [-0.2, 0) is 14.3 Å². The number of esters is 1. The molecule has 0 heterocycles. The molecule has 0 aliphatic carbocycles. The molecule has 0 radical (unpaired) electrons. The van der Waals surface area contributed by atoms with E-state index in [1.807, 2.05) is 13.8 Å². The summed E-state index contributed by atoms with van der Waals surface area (Å²) in [6.45, 7) is 4.19. The van der Waals surface area contributed by atoms with Crippen molar-refractivity contribution in [1.29, 1.82) is 0 Å².